The average molecular weight is 1120 g/mol. The van der Waals surface area contributed by atoms with Gasteiger partial charge in [0.15, 0.2) is 0 Å². The fourth-order valence-electron chi connectivity index (χ4n) is 8.48. The Morgan fingerprint density at radius 1 is 0.351 bits per heavy atom. The molecule has 9 aromatic rings. The third kappa shape index (κ3) is 13.6. The molecule has 9 aromatic carbocycles. The van der Waals surface area contributed by atoms with Crippen LogP contribution < -0.4 is 46.5 Å². The Morgan fingerprint density at radius 3 is 0.784 bits per heavy atom. The lowest BCUT2D eigenvalue weighted by atomic mass is 10.1. The van der Waals surface area contributed by atoms with Gasteiger partial charge in [-0.25, -0.2) is 0 Å². The summed E-state index contributed by atoms with van der Waals surface area (Å²) in [6, 6.07) is 76.3. The maximum atomic E-state index is 12.3. The number of rotatable bonds is 12. The maximum absolute atomic E-state index is 12.3. The zero-order chi connectivity index (χ0) is 52.9. The molecule has 0 aliphatic rings. The zero-order valence-electron chi connectivity index (χ0n) is 38.9. The highest BCUT2D eigenvalue weighted by molar-refractivity contribution is 7.95. The van der Waals surface area contributed by atoms with Crippen molar-refractivity contribution in [1.29, 1.82) is 0 Å². The molecule has 0 aliphatic heterocycles. The minimum atomic E-state index is -5.05. The van der Waals surface area contributed by atoms with Crippen molar-refractivity contribution < 1.29 is 41.0 Å². The molecule has 0 bridgehead atoms. The quantitative estimate of drug-likeness (QED) is 0.0696. The second kappa shape index (κ2) is 25.3. The molecular formula is C58H43BCl4F6O3P2. The van der Waals surface area contributed by atoms with Crippen LogP contribution in [0.4, 0.5) is 26.3 Å². The first-order valence-corrected chi connectivity index (χ1v) is 28.1. The highest BCUT2D eigenvalue weighted by atomic mass is 35.5. The molecule has 0 amide bonds. The number of alkyl halides is 6. The second-order valence-corrected chi connectivity index (χ2v) is 25.1. The second-order valence-electron chi connectivity index (χ2n) is 16.5. The lowest BCUT2D eigenvalue weighted by Gasteiger charge is -2.28. The largest absolute Gasteiger partial charge is 0.860 e. The molecule has 9 rings (SSSR count). The number of hydrogen-bond acceptors (Lipinski definition) is 3. The molecule has 0 unspecified atom stereocenters. The van der Waals surface area contributed by atoms with Crippen molar-refractivity contribution in [2.45, 2.75) is 24.7 Å². The van der Waals surface area contributed by atoms with Crippen LogP contribution in [0.25, 0.3) is 0 Å². The van der Waals surface area contributed by atoms with Gasteiger partial charge >= 0.3 is 12.4 Å². The maximum Gasteiger partial charge on any atom is 0.416 e. The molecule has 0 N–H and O–H groups in total. The van der Waals surface area contributed by atoms with Gasteiger partial charge in [0.25, 0.3) is 0 Å². The molecule has 0 aliphatic carbocycles. The predicted octanol–water partition coefficient (Wildman–Crippen LogP) is 13.8. The lowest BCUT2D eigenvalue weighted by molar-refractivity contribution is -0.372. The van der Waals surface area contributed by atoms with E-state index in [1.165, 1.54) is 31.8 Å². The minimum Gasteiger partial charge on any atom is -0.860 e. The third-order valence-electron chi connectivity index (χ3n) is 11.9. The van der Waals surface area contributed by atoms with E-state index in [2.05, 4.69) is 187 Å². The highest BCUT2D eigenvalue weighted by Gasteiger charge is 2.48. The minimum absolute atomic E-state index is 0.141. The predicted molar refractivity (Wildman–Crippen MR) is 293 cm³/mol. The molecule has 16 heteroatoms. The summed E-state index contributed by atoms with van der Waals surface area (Å²) in [6.45, 7) is 0. The van der Waals surface area contributed by atoms with Gasteiger partial charge in [-0.1, -0.05) is 168 Å². The molecule has 0 spiro atoms. The summed E-state index contributed by atoms with van der Waals surface area (Å²) in [5, 5.41) is 31.0. The number of halogens is 10. The molecule has 376 valence electrons. The number of hydrogen-bond donors (Lipinski definition) is 0. The molecule has 0 fully saturated rings. The first-order valence-electron chi connectivity index (χ1n) is 22.7. The van der Waals surface area contributed by atoms with Crippen LogP contribution in [0.3, 0.4) is 0 Å². The van der Waals surface area contributed by atoms with Crippen LogP contribution in [0.2, 0.25) is 20.1 Å². The topological polar surface area (TPSA) is 55.3 Å². The van der Waals surface area contributed by atoms with Crippen LogP contribution >= 0.6 is 60.9 Å². The Bertz CT molecular complexity index is 2760. The van der Waals surface area contributed by atoms with Crippen LogP contribution in [0.1, 0.15) is 22.3 Å². The summed E-state index contributed by atoms with van der Waals surface area (Å²) in [5.41, 5.74) is -1.30. The van der Waals surface area contributed by atoms with Gasteiger partial charge in [0.05, 0.1) is 16.9 Å². The normalized spacial score (nSPS) is 11.6. The van der Waals surface area contributed by atoms with Gasteiger partial charge in [0.1, 0.15) is 66.0 Å². The van der Waals surface area contributed by atoms with Crippen molar-refractivity contribution >= 4 is 100 Å². The summed E-state index contributed by atoms with van der Waals surface area (Å²) < 4.78 is 77.5. The van der Waals surface area contributed by atoms with Crippen molar-refractivity contribution in [3.8, 4) is 5.75 Å². The SMILES string of the molecule is Clc1cccc(Cl)c1C[P+](c1ccccc1)(c1ccccc1)c1ccccc1.Clc1cccc(Cl)c1C[P+](c1ccccc1)(c1ccccc1)c1ccccc1.[O-]B([O-])Oc1cc(C(F)(F)F)cc(C(F)(F)F)c1. The fourth-order valence-corrected chi connectivity index (χ4v) is 18.5. The first-order chi connectivity index (χ1) is 35.4. The monoisotopic (exact) mass is 1110 g/mol. The van der Waals surface area contributed by atoms with Crippen molar-refractivity contribution in [2.75, 3.05) is 0 Å². The molecule has 0 radical (unpaired) electrons. The summed E-state index contributed by atoms with van der Waals surface area (Å²) in [7, 11) is -7.01. The van der Waals surface area contributed by atoms with Gasteiger partial charge in [0.2, 0.25) is 0 Å². The molecular weight excluding hydrogens is 1070 g/mol. The summed E-state index contributed by atoms with van der Waals surface area (Å²) in [4.78, 5) is 0. The van der Waals surface area contributed by atoms with E-state index >= 15 is 0 Å². The van der Waals surface area contributed by atoms with Crippen molar-refractivity contribution in [1.82, 2.24) is 0 Å². The average Bonchev–Trinajstić information content (AvgIpc) is 3.40. The van der Waals surface area contributed by atoms with Crippen molar-refractivity contribution in [2.24, 2.45) is 0 Å². The van der Waals surface area contributed by atoms with E-state index in [0.717, 1.165) is 43.5 Å². The Hall–Kier alpha value is -5.64. The van der Waals surface area contributed by atoms with E-state index < -0.39 is 51.1 Å². The molecule has 0 saturated heterocycles. The zero-order valence-corrected chi connectivity index (χ0v) is 43.7. The molecule has 0 aromatic heterocycles. The van der Waals surface area contributed by atoms with Gasteiger partial charge in [-0.2, -0.15) is 26.3 Å². The lowest BCUT2D eigenvalue weighted by Crippen LogP contribution is -2.50. The van der Waals surface area contributed by atoms with Gasteiger partial charge < -0.3 is 14.7 Å². The third-order valence-corrected chi connectivity index (χ3v) is 22.0. The van der Waals surface area contributed by atoms with Crippen LogP contribution in [-0.4, -0.2) is 7.32 Å². The van der Waals surface area contributed by atoms with E-state index in [0.29, 0.717) is 0 Å². The fraction of sp³-hybridized carbons (Fsp3) is 0.0690. The molecule has 0 heterocycles. The van der Waals surface area contributed by atoms with Crippen LogP contribution in [0, 0.1) is 0 Å². The molecule has 3 nitrogen and oxygen atoms in total. The standard InChI is InChI=1S/2C25H20Cl2P.C8H3BF6O3/c2*26-24-17-10-18-25(27)23(24)19-28(20-11-4-1-5-12-20,21-13-6-2-7-14-21)22-15-8-3-9-16-22;10-7(11,12)4-1-5(8(13,14)15)3-6(2-4)18-9(16)17/h2*1-18H,19H2;1-3H/q2*+1;-2. The molecule has 0 saturated carbocycles. The van der Waals surface area contributed by atoms with Gasteiger partial charge in [0, 0.05) is 31.2 Å². The van der Waals surface area contributed by atoms with Crippen LogP contribution in [0.5, 0.6) is 5.75 Å². The van der Waals surface area contributed by atoms with Crippen molar-refractivity contribution in [3.05, 3.63) is 279 Å². The summed E-state index contributed by atoms with van der Waals surface area (Å²) >= 11 is 26.5. The van der Waals surface area contributed by atoms with Gasteiger partial charge in [-0.05, 0) is 115 Å². The van der Waals surface area contributed by atoms with E-state index in [-0.39, 0.29) is 18.2 Å². The van der Waals surface area contributed by atoms with Crippen LogP contribution in [-0.2, 0) is 24.7 Å². The Kier molecular flexibility index (Phi) is 19.2. The number of benzene rings is 9. The van der Waals surface area contributed by atoms with E-state index in [4.69, 9.17) is 46.4 Å². The Morgan fingerprint density at radius 2 is 0.581 bits per heavy atom. The summed E-state index contributed by atoms with van der Waals surface area (Å²) in [6.07, 6.45) is -8.55. The smallest absolute Gasteiger partial charge is 0.416 e. The van der Waals surface area contributed by atoms with E-state index in [1.807, 2.05) is 36.4 Å². The molecule has 74 heavy (non-hydrogen) atoms. The van der Waals surface area contributed by atoms with Gasteiger partial charge in [-0.15, -0.1) is 0 Å². The Labute approximate surface area is 447 Å². The van der Waals surface area contributed by atoms with E-state index in [1.54, 1.807) is 0 Å². The van der Waals surface area contributed by atoms with Crippen molar-refractivity contribution in [3.63, 3.8) is 0 Å². The molecule has 0 atom stereocenters. The summed E-state index contributed by atoms with van der Waals surface area (Å²) in [5.74, 6) is -1.08. The van der Waals surface area contributed by atoms with Crippen LogP contribution in [0.15, 0.2) is 237 Å². The first kappa shape index (κ1) is 56.1. The van der Waals surface area contributed by atoms with Gasteiger partial charge in [-0.3, -0.25) is 0 Å². The Balaban J connectivity index is 0.000000167. The van der Waals surface area contributed by atoms with E-state index in [9.17, 15) is 36.4 Å². The highest BCUT2D eigenvalue weighted by Crippen LogP contribution is 2.60.